The number of pyridine rings is 1. The molecule has 0 radical (unpaired) electrons. The fourth-order valence-electron chi connectivity index (χ4n) is 2.79. The van der Waals surface area contributed by atoms with Crippen LogP contribution in [-0.2, 0) is 0 Å². The number of alkyl halides is 3. The van der Waals surface area contributed by atoms with E-state index in [0.717, 1.165) is 12.1 Å². The van der Waals surface area contributed by atoms with Crippen molar-refractivity contribution in [1.82, 2.24) is 10.3 Å². The molecular formula is C15H21F3N2. The summed E-state index contributed by atoms with van der Waals surface area (Å²) in [5, 5.41) is 3.40. The normalized spacial score (nSPS) is 25.4. The standard InChI is InChI=1S/C15H21F3N2/c1-11(13-3-2-8-19-10-13)20-9-12-4-6-14(7-5-12)15(16,17)18/h2-3,8,10-12,14,20H,4-7,9H2,1H3. The van der Waals surface area contributed by atoms with Gasteiger partial charge in [-0.1, -0.05) is 6.07 Å². The quantitative estimate of drug-likeness (QED) is 0.901. The van der Waals surface area contributed by atoms with Crippen molar-refractivity contribution >= 4 is 0 Å². The molecule has 1 aromatic rings. The molecule has 0 aliphatic heterocycles. The van der Waals surface area contributed by atoms with Crippen molar-refractivity contribution in [3.05, 3.63) is 30.1 Å². The average Bonchev–Trinajstić information content (AvgIpc) is 2.45. The van der Waals surface area contributed by atoms with Gasteiger partial charge >= 0.3 is 6.18 Å². The second kappa shape index (κ2) is 6.57. The van der Waals surface area contributed by atoms with E-state index >= 15 is 0 Å². The second-order valence-corrected chi connectivity index (χ2v) is 5.68. The molecule has 112 valence electrons. The number of nitrogens with one attached hydrogen (secondary N) is 1. The lowest BCUT2D eigenvalue weighted by Gasteiger charge is -2.30. The van der Waals surface area contributed by atoms with Crippen LogP contribution >= 0.6 is 0 Å². The lowest BCUT2D eigenvalue weighted by atomic mass is 9.81. The van der Waals surface area contributed by atoms with Crippen molar-refractivity contribution in [2.45, 2.75) is 44.8 Å². The Labute approximate surface area is 117 Å². The van der Waals surface area contributed by atoms with Gasteiger partial charge in [-0.3, -0.25) is 4.98 Å². The van der Waals surface area contributed by atoms with Crippen LogP contribution in [0, 0.1) is 11.8 Å². The minimum atomic E-state index is -4.01. The molecule has 0 spiro atoms. The Kier molecular flexibility index (Phi) is 5.02. The van der Waals surface area contributed by atoms with Crippen LogP contribution in [0.1, 0.15) is 44.2 Å². The van der Waals surface area contributed by atoms with Crippen LogP contribution in [0.2, 0.25) is 0 Å². The van der Waals surface area contributed by atoms with Crippen LogP contribution in [0.3, 0.4) is 0 Å². The molecule has 5 heteroatoms. The summed E-state index contributed by atoms with van der Waals surface area (Å²) >= 11 is 0. The SMILES string of the molecule is CC(NCC1CCC(C(F)(F)F)CC1)c1cccnc1. The Balaban J connectivity index is 1.74. The van der Waals surface area contributed by atoms with Crippen molar-refractivity contribution in [2.75, 3.05) is 6.54 Å². The van der Waals surface area contributed by atoms with Gasteiger partial charge in [-0.05, 0) is 56.7 Å². The van der Waals surface area contributed by atoms with Gasteiger partial charge in [0.1, 0.15) is 0 Å². The minimum Gasteiger partial charge on any atom is -0.310 e. The van der Waals surface area contributed by atoms with E-state index in [1.807, 2.05) is 18.3 Å². The first-order valence-electron chi connectivity index (χ1n) is 7.17. The number of hydrogen-bond donors (Lipinski definition) is 1. The maximum absolute atomic E-state index is 12.6. The van der Waals surface area contributed by atoms with Crippen LogP contribution in [0.15, 0.2) is 24.5 Å². The lowest BCUT2D eigenvalue weighted by molar-refractivity contribution is -0.183. The van der Waals surface area contributed by atoms with Gasteiger partial charge in [0.05, 0.1) is 5.92 Å². The van der Waals surface area contributed by atoms with E-state index in [2.05, 4.69) is 17.2 Å². The predicted octanol–water partition coefficient (Wildman–Crippen LogP) is 4.10. The molecule has 1 aliphatic carbocycles. The van der Waals surface area contributed by atoms with E-state index in [4.69, 9.17) is 0 Å². The van der Waals surface area contributed by atoms with E-state index in [1.165, 1.54) is 0 Å². The zero-order valence-electron chi connectivity index (χ0n) is 11.7. The van der Waals surface area contributed by atoms with E-state index in [1.54, 1.807) is 6.20 Å². The highest BCUT2D eigenvalue weighted by Gasteiger charge is 2.41. The van der Waals surface area contributed by atoms with Gasteiger partial charge in [-0.15, -0.1) is 0 Å². The Morgan fingerprint density at radius 2 is 2.00 bits per heavy atom. The van der Waals surface area contributed by atoms with Gasteiger partial charge in [-0.2, -0.15) is 13.2 Å². The molecule has 1 fully saturated rings. The largest absolute Gasteiger partial charge is 0.391 e. The zero-order chi connectivity index (χ0) is 14.6. The van der Waals surface area contributed by atoms with Crippen LogP contribution in [0.4, 0.5) is 13.2 Å². The molecule has 0 aromatic carbocycles. The molecule has 1 atom stereocenters. The van der Waals surface area contributed by atoms with Gasteiger partial charge in [0.15, 0.2) is 0 Å². The van der Waals surface area contributed by atoms with Crippen molar-refractivity contribution < 1.29 is 13.2 Å². The van der Waals surface area contributed by atoms with Crippen LogP contribution in [0.25, 0.3) is 0 Å². The molecule has 0 bridgehead atoms. The molecule has 0 saturated heterocycles. The predicted molar refractivity (Wildman–Crippen MR) is 72.2 cm³/mol. The Morgan fingerprint density at radius 1 is 1.30 bits per heavy atom. The number of aromatic nitrogens is 1. The summed E-state index contributed by atoms with van der Waals surface area (Å²) in [6, 6.07) is 4.08. The Bertz CT molecular complexity index is 397. The molecule has 1 unspecified atom stereocenters. The highest BCUT2D eigenvalue weighted by atomic mass is 19.4. The maximum atomic E-state index is 12.6. The first kappa shape index (κ1) is 15.3. The number of hydrogen-bond acceptors (Lipinski definition) is 2. The van der Waals surface area contributed by atoms with Crippen LogP contribution < -0.4 is 5.32 Å². The summed E-state index contributed by atoms with van der Waals surface area (Å²) in [6.07, 6.45) is 1.41. The molecular weight excluding hydrogens is 265 g/mol. The van der Waals surface area contributed by atoms with Gasteiger partial charge in [0.25, 0.3) is 0 Å². The van der Waals surface area contributed by atoms with E-state index < -0.39 is 12.1 Å². The highest BCUT2D eigenvalue weighted by Crippen LogP contribution is 2.39. The zero-order valence-corrected chi connectivity index (χ0v) is 11.7. The van der Waals surface area contributed by atoms with Crippen LogP contribution in [-0.4, -0.2) is 17.7 Å². The monoisotopic (exact) mass is 286 g/mol. The summed E-state index contributed by atoms with van der Waals surface area (Å²) < 4.78 is 37.7. The summed E-state index contributed by atoms with van der Waals surface area (Å²) in [4.78, 5) is 4.07. The van der Waals surface area contributed by atoms with Gasteiger partial charge in [0, 0.05) is 18.4 Å². The molecule has 1 aromatic heterocycles. The first-order valence-corrected chi connectivity index (χ1v) is 7.17. The summed E-state index contributed by atoms with van der Waals surface area (Å²) in [6.45, 7) is 2.83. The molecule has 20 heavy (non-hydrogen) atoms. The first-order chi connectivity index (χ1) is 9.47. The summed E-state index contributed by atoms with van der Waals surface area (Å²) in [7, 11) is 0. The second-order valence-electron chi connectivity index (χ2n) is 5.68. The topological polar surface area (TPSA) is 24.9 Å². The smallest absolute Gasteiger partial charge is 0.310 e. The van der Waals surface area contributed by atoms with E-state index in [9.17, 15) is 13.2 Å². The molecule has 1 heterocycles. The van der Waals surface area contributed by atoms with Gasteiger partial charge in [0.2, 0.25) is 0 Å². The fraction of sp³-hybridized carbons (Fsp3) is 0.667. The summed E-state index contributed by atoms with van der Waals surface area (Å²) in [5.74, 6) is -0.734. The molecule has 2 rings (SSSR count). The number of halogens is 3. The Hall–Kier alpha value is -1.10. The molecule has 1 saturated carbocycles. The lowest BCUT2D eigenvalue weighted by Crippen LogP contribution is -2.32. The fourth-order valence-corrected chi connectivity index (χ4v) is 2.79. The minimum absolute atomic E-state index is 0.184. The van der Waals surface area contributed by atoms with Crippen molar-refractivity contribution in [1.29, 1.82) is 0 Å². The number of nitrogens with zero attached hydrogens (tertiary/aromatic N) is 1. The van der Waals surface area contributed by atoms with Gasteiger partial charge < -0.3 is 5.32 Å². The summed E-state index contributed by atoms with van der Waals surface area (Å²) in [5.41, 5.74) is 1.11. The average molecular weight is 286 g/mol. The molecule has 1 aliphatic rings. The van der Waals surface area contributed by atoms with Crippen molar-refractivity contribution in [3.8, 4) is 0 Å². The van der Waals surface area contributed by atoms with E-state index in [-0.39, 0.29) is 18.9 Å². The van der Waals surface area contributed by atoms with E-state index in [0.29, 0.717) is 18.8 Å². The Morgan fingerprint density at radius 3 is 2.55 bits per heavy atom. The molecule has 0 amide bonds. The van der Waals surface area contributed by atoms with Crippen molar-refractivity contribution in [3.63, 3.8) is 0 Å². The third-order valence-electron chi connectivity index (χ3n) is 4.21. The van der Waals surface area contributed by atoms with Crippen molar-refractivity contribution in [2.24, 2.45) is 11.8 Å². The maximum Gasteiger partial charge on any atom is 0.391 e. The molecule has 1 N–H and O–H groups in total. The van der Waals surface area contributed by atoms with Crippen LogP contribution in [0.5, 0.6) is 0 Å². The highest BCUT2D eigenvalue weighted by molar-refractivity contribution is 5.12. The van der Waals surface area contributed by atoms with Gasteiger partial charge in [-0.25, -0.2) is 0 Å². The number of rotatable bonds is 4. The third kappa shape index (κ3) is 4.20. The third-order valence-corrected chi connectivity index (χ3v) is 4.21. The molecule has 2 nitrogen and oxygen atoms in total.